The third kappa shape index (κ3) is 3.27. The molecule has 0 radical (unpaired) electrons. The zero-order chi connectivity index (χ0) is 17.1. The van der Waals surface area contributed by atoms with Gasteiger partial charge in [-0.2, -0.15) is 0 Å². The molecule has 3 unspecified atom stereocenters. The third-order valence-electron chi connectivity index (χ3n) is 3.62. The van der Waals surface area contributed by atoms with Gasteiger partial charge in [0.15, 0.2) is 0 Å². The molecular formula is C11H14B2FN3O5S. The summed E-state index contributed by atoms with van der Waals surface area (Å²) in [7, 11) is -0.300. The molecule has 0 saturated carbocycles. The Morgan fingerprint density at radius 1 is 1.52 bits per heavy atom. The molecule has 0 aliphatic carbocycles. The van der Waals surface area contributed by atoms with E-state index in [0.717, 1.165) is 16.7 Å². The Morgan fingerprint density at radius 2 is 2.22 bits per heavy atom. The first kappa shape index (κ1) is 17.5. The molecule has 0 spiro atoms. The standard InChI is InChI=1S/C11H14B2FN3O5S/c14-13-12-2-1-4-7(10(20)21)17-8(19)6(16-5(18)3-15)9(17)23-11(4)22/h3,6,9,11-13,15,22H,1-2H2,(H,16,18)(H,20,21). The lowest BCUT2D eigenvalue weighted by atomic mass is 9.49. The van der Waals surface area contributed by atoms with Crippen LogP contribution in [0.25, 0.3) is 0 Å². The van der Waals surface area contributed by atoms with Gasteiger partial charge in [0.05, 0.1) is 6.21 Å². The summed E-state index contributed by atoms with van der Waals surface area (Å²) >= 11 is 0.944. The zero-order valence-corrected chi connectivity index (χ0v) is 12.8. The fourth-order valence-corrected chi connectivity index (χ4v) is 3.88. The van der Waals surface area contributed by atoms with Gasteiger partial charge in [0.2, 0.25) is 0 Å². The van der Waals surface area contributed by atoms with E-state index in [1.165, 1.54) is 0 Å². The van der Waals surface area contributed by atoms with Crippen molar-refractivity contribution in [2.24, 2.45) is 0 Å². The second-order valence-electron chi connectivity index (χ2n) is 5.04. The Bertz CT molecular complexity index is 590. The first-order chi connectivity index (χ1) is 10.9. The van der Waals surface area contributed by atoms with Gasteiger partial charge in [-0.3, -0.25) is 14.5 Å². The van der Waals surface area contributed by atoms with Crippen molar-refractivity contribution in [3.8, 4) is 0 Å². The lowest BCUT2D eigenvalue weighted by molar-refractivity contribution is -0.150. The van der Waals surface area contributed by atoms with Crippen molar-refractivity contribution in [3.63, 3.8) is 0 Å². The fraction of sp³-hybridized carbons (Fsp3) is 0.455. The van der Waals surface area contributed by atoms with Gasteiger partial charge >= 0.3 is 5.97 Å². The van der Waals surface area contributed by atoms with Crippen molar-refractivity contribution >= 4 is 50.4 Å². The van der Waals surface area contributed by atoms with E-state index >= 15 is 0 Å². The topological polar surface area (TPSA) is 131 Å². The molecular weight excluding hydrogens is 327 g/mol. The summed E-state index contributed by atoms with van der Waals surface area (Å²) in [6, 6.07) is -0.981. The first-order valence-electron chi connectivity index (χ1n) is 6.92. The van der Waals surface area contributed by atoms with Gasteiger partial charge in [-0.1, -0.05) is 18.1 Å². The second-order valence-corrected chi connectivity index (χ2v) is 6.24. The number of fused-ring (bicyclic) bond motifs is 1. The highest BCUT2D eigenvalue weighted by atomic mass is 32.2. The quantitative estimate of drug-likeness (QED) is 0.187. The van der Waals surface area contributed by atoms with Gasteiger partial charge in [0.1, 0.15) is 29.7 Å². The number of aliphatic hydroxyl groups excluding tert-OH is 1. The number of halogens is 1. The highest BCUT2D eigenvalue weighted by molar-refractivity contribution is 8.00. The molecule has 12 heteroatoms. The van der Waals surface area contributed by atoms with Crippen molar-refractivity contribution in [2.75, 3.05) is 0 Å². The van der Waals surface area contributed by atoms with Crippen LogP contribution in [0.4, 0.5) is 4.32 Å². The van der Waals surface area contributed by atoms with Crippen molar-refractivity contribution in [3.05, 3.63) is 11.3 Å². The molecule has 1 saturated heterocycles. The minimum Gasteiger partial charge on any atom is -0.477 e. The summed E-state index contributed by atoms with van der Waals surface area (Å²) in [6.07, 6.45) is 1.05. The Kier molecular flexibility index (Phi) is 5.47. The fourth-order valence-electron chi connectivity index (χ4n) is 2.55. The molecule has 8 nitrogen and oxygen atoms in total. The van der Waals surface area contributed by atoms with Gasteiger partial charge in [-0.05, 0) is 12.0 Å². The number of β-lactam (4-membered cyclic amide) rings is 1. The SMILES string of the molecule is N=CC(=O)NC1C(=O)N2C(C(=O)O)=C(CCBBF)C(O)SC12. The van der Waals surface area contributed by atoms with Gasteiger partial charge in [0.25, 0.3) is 19.3 Å². The molecule has 1 fully saturated rings. The monoisotopic (exact) mass is 341 g/mol. The van der Waals surface area contributed by atoms with Gasteiger partial charge in [0, 0.05) is 0 Å². The Morgan fingerprint density at radius 3 is 2.78 bits per heavy atom. The molecule has 0 aromatic rings. The number of aliphatic carboxylic acids is 1. The smallest absolute Gasteiger partial charge is 0.352 e. The molecule has 2 aliphatic heterocycles. The molecule has 0 aromatic carbocycles. The number of nitrogens with one attached hydrogen (secondary N) is 2. The number of nitrogens with zero attached hydrogens (tertiary/aromatic N) is 1. The number of aliphatic hydroxyl groups is 1. The van der Waals surface area contributed by atoms with Crippen LogP contribution in [0.15, 0.2) is 11.3 Å². The van der Waals surface area contributed by atoms with Crippen LogP contribution in [0.5, 0.6) is 0 Å². The summed E-state index contributed by atoms with van der Waals surface area (Å²) in [6.45, 7) is 0. The van der Waals surface area contributed by atoms with Gasteiger partial charge < -0.3 is 25.3 Å². The summed E-state index contributed by atoms with van der Waals surface area (Å²) < 4.78 is 12.2. The molecule has 2 rings (SSSR count). The van der Waals surface area contributed by atoms with Crippen molar-refractivity contribution < 1.29 is 28.9 Å². The Labute approximate surface area is 136 Å². The molecule has 23 heavy (non-hydrogen) atoms. The normalized spacial score (nSPS) is 26.1. The van der Waals surface area contributed by atoms with Crippen molar-refractivity contribution in [1.29, 1.82) is 5.41 Å². The summed E-state index contributed by atoms with van der Waals surface area (Å²) in [4.78, 5) is 35.9. The predicted molar refractivity (Wildman–Crippen MR) is 84.4 cm³/mol. The van der Waals surface area contributed by atoms with Crippen molar-refractivity contribution in [2.45, 2.75) is 29.6 Å². The zero-order valence-electron chi connectivity index (χ0n) is 12.0. The molecule has 2 aliphatic rings. The number of carboxylic acids is 1. The van der Waals surface area contributed by atoms with Crippen LogP contribution in [0, 0.1) is 5.41 Å². The van der Waals surface area contributed by atoms with Crippen LogP contribution in [0.2, 0.25) is 6.32 Å². The summed E-state index contributed by atoms with van der Waals surface area (Å²) in [5.74, 6) is -2.73. The van der Waals surface area contributed by atoms with Crippen LogP contribution in [0.1, 0.15) is 6.42 Å². The van der Waals surface area contributed by atoms with E-state index in [4.69, 9.17) is 5.41 Å². The number of hydrogen-bond acceptors (Lipinski definition) is 6. The van der Waals surface area contributed by atoms with E-state index in [9.17, 15) is 28.9 Å². The average molecular weight is 341 g/mol. The third-order valence-corrected chi connectivity index (χ3v) is 4.92. The molecule has 0 aromatic heterocycles. The highest BCUT2D eigenvalue weighted by Gasteiger charge is 2.55. The number of carbonyl (C=O) groups is 3. The van der Waals surface area contributed by atoms with E-state index in [-0.39, 0.29) is 24.9 Å². The lowest BCUT2D eigenvalue weighted by Crippen LogP contribution is -2.71. The van der Waals surface area contributed by atoms with Crippen molar-refractivity contribution in [1.82, 2.24) is 10.2 Å². The van der Waals surface area contributed by atoms with E-state index in [0.29, 0.717) is 12.5 Å². The largest absolute Gasteiger partial charge is 0.477 e. The van der Waals surface area contributed by atoms with E-state index in [1.807, 2.05) is 0 Å². The van der Waals surface area contributed by atoms with Crippen LogP contribution >= 0.6 is 11.8 Å². The van der Waals surface area contributed by atoms with Gasteiger partial charge in [-0.25, -0.2) is 4.79 Å². The maximum Gasteiger partial charge on any atom is 0.352 e. The Balaban J connectivity index is 2.24. The maximum atomic E-state index is 12.2. The van der Waals surface area contributed by atoms with E-state index < -0.39 is 42.1 Å². The predicted octanol–water partition coefficient (Wildman–Crippen LogP) is -1.83. The summed E-state index contributed by atoms with van der Waals surface area (Å²) in [5.41, 5.74) is -1.27. The summed E-state index contributed by atoms with van der Waals surface area (Å²) in [5, 5.41) is 27.9. The van der Waals surface area contributed by atoms with Gasteiger partial charge in [-0.15, -0.1) is 0 Å². The molecule has 3 atom stereocenters. The number of hydrogen-bond donors (Lipinski definition) is 4. The number of rotatable bonds is 7. The van der Waals surface area contributed by atoms with E-state index in [2.05, 4.69) is 5.32 Å². The number of amides is 2. The lowest BCUT2D eigenvalue weighted by Gasteiger charge is -2.50. The number of carbonyl (C=O) groups excluding carboxylic acids is 2. The van der Waals surface area contributed by atoms with E-state index in [1.54, 1.807) is 0 Å². The minimum absolute atomic E-state index is 0.174. The second kappa shape index (κ2) is 7.18. The molecule has 122 valence electrons. The number of carboxylic acid groups (broad SMARTS) is 1. The molecule has 4 N–H and O–H groups in total. The van der Waals surface area contributed by atoms with Crippen LogP contribution in [0.3, 0.4) is 0 Å². The van der Waals surface area contributed by atoms with Crippen LogP contribution in [-0.2, 0) is 14.4 Å². The average Bonchev–Trinajstić information content (AvgIpc) is 2.52. The molecule has 2 amide bonds. The number of thioether (sulfide) groups is 1. The van der Waals surface area contributed by atoms with Crippen LogP contribution < -0.4 is 5.32 Å². The molecule has 2 heterocycles. The minimum atomic E-state index is -1.35. The highest BCUT2D eigenvalue weighted by Crippen LogP contribution is 2.44. The molecule has 0 bridgehead atoms. The van der Waals surface area contributed by atoms with Crippen LogP contribution in [-0.4, -0.2) is 70.6 Å². The maximum absolute atomic E-state index is 12.2. The Hall–Kier alpha value is -1.81. The first-order valence-corrected chi connectivity index (χ1v) is 7.86.